The molecule has 3 aromatic rings. The highest BCUT2D eigenvalue weighted by atomic mass is 35.5. The van der Waals surface area contributed by atoms with Gasteiger partial charge in [-0.1, -0.05) is 11.6 Å². The minimum atomic E-state index is -0.993. The Morgan fingerprint density at radius 1 is 1.17 bits per heavy atom. The fourth-order valence-electron chi connectivity index (χ4n) is 2.14. The Balaban J connectivity index is 1.86. The van der Waals surface area contributed by atoms with Crippen molar-refractivity contribution < 1.29 is 4.21 Å². The van der Waals surface area contributed by atoms with Gasteiger partial charge in [-0.25, -0.2) is 14.6 Å². The zero-order valence-corrected chi connectivity index (χ0v) is 15.0. The van der Waals surface area contributed by atoms with Crippen molar-refractivity contribution in [2.45, 2.75) is 18.7 Å². The highest BCUT2D eigenvalue weighted by Crippen LogP contribution is 2.21. The molecule has 8 heteroatoms. The summed E-state index contributed by atoms with van der Waals surface area (Å²) in [6.45, 7) is 3.72. The van der Waals surface area contributed by atoms with Crippen molar-refractivity contribution in [1.82, 2.24) is 19.7 Å². The molecule has 0 aliphatic heterocycles. The van der Waals surface area contributed by atoms with Crippen LogP contribution in [0.5, 0.6) is 0 Å². The van der Waals surface area contributed by atoms with Crippen LogP contribution in [0.4, 0.5) is 11.6 Å². The molecule has 0 radical (unpaired) electrons. The van der Waals surface area contributed by atoms with Gasteiger partial charge in [0.15, 0.2) is 0 Å². The number of hydrogen-bond acceptors (Lipinski definition) is 5. The zero-order chi connectivity index (χ0) is 17.3. The molecule has 124 valence electrons. The molecule has 1 N–H and O–H groups in total. The lowest BCUT2D eigenvalue weighted by molar-refractivity contribution is 0.686. The number of hydrogen-bond donors (Lipinski definition) is 1. The quantitative estimate of drug-likeness (QED) is 0.770. The molecular weight excluding hydrogens is 346 g/mol. The molecule has 0 aliphatic carbocycles. The summed E-state index contributed by atoms with van der Waals surface area (Å²) < 4.78 is 13.2. The molecule has 0 aliphatic rings. The Morgan fingerprint density at radius 2 is 1.88 bits per heavy atom. The number of nitrogens with one attached hydrogen (secondary N) is 1. The summed E-state index contributed by atoms with van der Waals surface area (Å²) in [5.41, 5.74) is 3.21. The second kappa shape index (κ2) is 6.70. The monoisotopic (exact) mass is 361 g/mol. The number of aromatic nitrogens is 4. The first-order chi connectivity index (χ1) is 11.4. The molecule has 24 heavy (non-hydrogen) atoms. The first-order valence-electron chi connectivity index (χ1n) is 7.20. The van der Waals surface area contributed by atoms with Gasteiger partial charge in [-0.2, -0.15) is 5.10 Å². The maximum absolute atomic E-state index is 11.5. The maximum Gasteiger partial charge on any atom is 0.227 e. The van der Waals surface area contributed by atoms with Crippen LogP contribution < -0.4 is 5.32 Å². The lowest BCUT2D eigenvalue weighted by atomic mass is 10.3. The molecule has 0 saturated heterocycles. The van der Waals surface area contributed by atoms with Crippen molar-refractivity contribution in [3.63, 3.8) is 0 Å². The van der Waals surface area contributed by atoms with Gasteiger partial charge in [0.1, 0.15) is 0 Å². The molecule has 0 spiro atoms. The molecule has 3 rings (SSSR count). The average molecular weight is 362 g/mol. The van der Waals surface area contributed by atoms with E-state index < -0.39 is 10.8 Å². The minimum absolute atomic E-state index is 0.469. The molecule has 1 aromatic carbocycles. The van der Waals surface area contributed by atoms with E-state index in [1.54, 1.807) is 17.1 Å². The number of benzene rings is 1. The SMILES string of the molecule is Cc1nc(Nc2cn(-c3ccc(S(C)=O)cc3)nc2C)ncc1Cl. The summed E-state index contributed by atoms with van der Waals surface area (Å²) in [6.07, 6.45) is 5.08. The number of anilines is 2. The van der Waals surface area contributed by atoms with E-state index in [0.717, 1.165) is 22.0 Å². The smallest absolute Gasteiger partial charge is 0.227 e. The molecule has 6 nitrogen and oxygen atoms in total. The predicted octanol–water partition coefficient (Wildman–Crippen LogP) is 3.41. The summed E-state index contributed by atoms with van der Waals surface area (Å²) in [5.74, 6) is 0.469. The Kier molecular flexibility index (Phi) is 4.64. The Labute approximate surface area is 147 Å². The molecule has 0 fully saturated rings. The topological polar surface area (TPSA) is 72.7 Å². The summed E-state index contributed by atoms with van der Waals surface area (Å²) in [5, 5.41) is 8.16. The largest absolute Gasteiger partial charge is 0.321 e. The van der Waals surface area contributed by atoms with Crippen LogP contribution in [0.1, 0.15) is 11.4 Å². The van der Waals surface area contributed by atoms with Crippen molar-refractivity contribution in [2.75, 3.05) is 11.6 Å². The van der Waals surface area contributed by atoms with Gasteiger partial charge >= 0.3 is 0 Å². The Hall–Kier alpha value is -2.25. The van der Waals surface area contributed by atoms with Gasteiger partial charge in [0, 0.05) is 22.0 Å². The highest BCUT2D eigenvalue weighted by molar-refractivity contribution is 7.84. The van der Waals surface area contributed by atoms with E-state index in [4.69, 9.17) is 11.6 Å². The molecule has 1 unspecified atom stereocenters. The highest BCUT2D eigenvalue weighted by Gasteiger charge is 2.09. The lowest BCUT2D eigenvalue weighted by Crippen LogP contribution is -1.98. The summed E-state index contributed by atoms with van der Waals surface area (Å²) in [7, 11) is -0.993. The van der Waals surface area contributed by atoms with Crippen molar-refractivity contribution in [3.05, 3.63) is 53.1 Å². The van der Waals surface area contributed by atoms with Gasteiger partial charge in [-0.05, 0) is 38.1 Å². The molecule has 2 heterocycles. The van der Waals surface area contributed by atoms with Gasteiger partial charge in [-0.3, -0.25) is 4.21 Å². The van der Waals surface area contributed by atoms with Crippen LogP contribution in [0.15, 0.2) is 41.6 Å². The third-order valence-electron chi connectivity index (χ3n) is 3.50. The van der Waals surface area contributed by atoms with Crippen LogP contribution in [-0.2, 0) is 10.8 Å². The van der Waals surface area contributed by atoms with E-state index in [-0.39, 0.29) is 0 Å². The van der Waals surface area contributed by atoms with Crippen molar-refractivity contribution in [1.29, 1.82) is 0 Å². The van der Waals surface area contributed by atoms with Gasteiger partial charge in [0.2, 0.25) is 5.95 Å². The molecule has 0 bridgehead atoms. The summed E-state index contributed by atoms with van der Waals surface area (Å²) in [6, 6.07) is 7.44. The van der Waals surface area contributed by atoms with Crippen molar-refractivity contribution >= 4 is 34.0 Å². The maximum atomic E-state index is 11.5. The lowest BCUT2D eigenvalue weighted by Gasteiger charge is -2.04. The van der Waals surface area contributed by atoms with E-state index in [1.165, 1.54) is 0 Å². The van der Waals surface area contributed by atoms with E-state index >= 15 is 0 Å². The number of nitrogens with zero attached hydrogens (tertiary/aromatic N) is 4. The third kappa shape index (κ3) is 3.47. The standard InChI is InChI=1S/C16H16ClN5OS/c1-10-14(17)8-18-16(19-10)20-15-9-22(21-11(15)2)12-4-6-13(7-5-12)24(3)23/h4-9H,1-3H3,(H,18,19,20). The van der Waals surface area contributed by atoms with E-state index in [1.807, 2.05) is 44.3 Å². The second-order valence-corrected chi connectivity index (χ2v) is 7.06. The van der Waals surface area contributed by atoms with Crippen molar-refractivity contribution in [2.24, 2.45) is 0 Å². The normalized spacial score (nSPS) is 12.2. The minimum Gasteiger partial charge on any atom is -0.321 e. The first-order valence-corrected chi connectivity index (χ1v) is 9.14. The predicted molar refractivity (Wildman–Crippen MR) is 95.7 cm³/mol. The van der Waals surface area contributed by atoms with E-state index in [9.17, 15) is 4.21 Å². The number of rotatable bonds is 4. The van der Waals surface area contributed by atoms with Crippen LogP contribution in [0.2, 0.25) is 5.02 Å². The fraction of sp³-hybridized carbons (Fsp3) is 0.188. The average Bonchev–Trinajstić information content (AvgIpc) is 2.92. The van der Waals surface area contributed by atoms with Crippen molar-refractivity contribution in [3.8, 4) is 5.69 Å². The van der Waals surface area contributed by atoms with Gasteiger partial charge in [-0.15, -0.1) is 0 Å². The van der Waals surface area contributed by atoms with Gasteiger partial charge in [0.05, 0.1) is 40.2 Å². The molecular formula is C16H16ClN5OS. The van der Waals surface area contributed by atoms with E-state index in [2.05, 4.69) is 20.4 Å². The molecule has 0 amide bonds. The fourth-order valence-corrected chi connectivity index (χ4v) is 2.75. The van der Waals surface area contributed by atoms with Gasteiger partial charge in [0.25, 0.3) is 0 Å². The van der Waals surface area contributed by atoms with Crippen LogP contribution in [0.3, 0.4) is 0 Å². The third-order valence-corrected chi connectivity index (χ3v) is 4.81. The molecule has 1 atom stereocenters. The Bertz CT molecular complexity index is 907. The number of halogens is 1. The summed E-state index contributed by atoms with van der Waals surface area (Å²) in [4.78, 5) is 9.24. The van der Waals surface area contributed by atoms with Gasteiger partial charge < -0.3 is 5.32 Å². The van der Waals surface area contributed by atoms with Crippen LogP contribution >= 0.6 is 11.6 Å². The number of aryl methyl sites for hydroxylation is 2. The Morgan fingerprint density at radius 3 is 2.50 bits per heavy atom. The molecule has 2 aromatic heterocycles. The van der Waals surface area contributed by atoms with Crippen LogP contribution in [-0.4, -0.2) is 30.2 Å². The van der Waals surface area contributed by atoms with Crippen LogP contribution in [0, 0.1) is 13.8 Å². The molecule has 0 saturated carbocycles. The zero-order valence-electron chi connectivity index (χ0n) is 13.4. The van der Waals surface area contributed by atoms with E-state index in [0.29, 0.717) is 16.7 Å². The summed E-state index contributed by atoms with van der Waals surface area (Å²) >= 11 is 5.94. The van der Waals surface area contributed by atoms with Crippen LogP contribution in [0.25, 0.3) is 5.69 Å². The second-order valence-electron chi connectivity index (χ2n) is 5.27. The first kappa shape index (κ1) is 16.6.